The number of hydrazine groups is 1. The Balaban J connectivity index is 1.16. The summed E-state index contributed by atoms with van der Waals surface area (Å²) in [6.07, 6.45) is 9.39. The van der Waals surface area contributed by atoms with Crippen LogP contribution in [0.2, 0.25) is 0 Å². The predicted molar refractivity (Wildman–Crippen MR) is 101 cm³/mol. The second-order valence-electron chi connectivity index (χ2n) is 8.92. The van der Waals surface area contributed by atoms with Crippen LogP contribution in [-0.2, 0) is 4.79 Å². The van der Waals surface area contributed by atoms with E-state index in [1.54, 1.807) is 24.3 Å². The Kier molecular flexibility index (Phi) is 4.18. The number of carbonyl (C=O) groups is 2. The van der Waals surface area contributed by atoms with Crippen molar-refractivity contribution in [3.05, 3.63) is 36.2 Å². The summed E-state index contributed by atoms with van der Waals surface area (Å²) in [7, 11) is 0. The van der Waals surface area contributed by atoms with Crippen LogP contribution in [0.4, 0.5) is 0 Å². The van der Waals surface area contributed by atoms with Crippen molar-refractivity contribution in [2.24, 2.45) is 23.2 Å². The van der Waals surface area contributed by atoms with Crippen LogP contribution < -0.4 is 10.9 Å². The van der Waals surface area contributed by atoms with Gasteiger partial charge in [-0.2, -0.15) is 0 Å². The van der Waals surface area contributed by atoms with Crippen LogP contribution >= 0.6 is 0 Å². The van der Waals surface area contributed by atoms with E-state index in [2.05, 4.69) is 21.0 Å². The Morgan fingerprint density at radius 2 is 1.64 bits per heavy atom. The molecule has 28 heavy (non-hydrogen) atoms. The van der Waals surface area contributed by atoms with Crippen LogP contribution in [-0.4, -0.2) is 22.0 Å². The van der Waals surface area contributed by atoms with Crippen LogP contribution in [0.25, 0.3) is 11.5 Å². The molecule has 4 bridgehead atoms. The number of hydrogen-bond donors (Lipinski definition) is 2. The normalized spacial score (nSPS) is 30.2. The minimum atomic E-state index is -0.337. The van der Waals surface area contributed by atoms with E-state index in [4.69, 9.17) is 4.42 Å². The fourth-order valence-electron chi connectivity index (χ4n) is 6.15. The monoisotopic (exact) mass is 380 g/mol. The summed E-state index contributed by atoms with van der Waals surface area (Å²) in [5.41, 5.74) is 6.52. The summed E-state index contributed by atoms with van der Waals surface area (Å²) in [4.78, 5) is 24.9. The molecule has 4 saturated carbocycles. The summed E-state index contributed by atoms with van der Waals surface area (Å²) in [5.74, 6) is 2.41. The highest BCUT2D eigenvalue weighted by molar-refractivity contribution is 5.95. The van der Waals surface area contributed by atoms with Crippen molar-refractivity contribution in [1.82, 2.24) is 21.0 Å². The molecule has 6 rings (SSSR count). The summed E-state index contributed by atoms with van der Waals surface area (Å²) in [5, 5.41) is 7.47. The van der Waals surface area contributed by atoms with Crippen molar-refractivity contribution in [3.8, 4) is 11.5 Å². The molecule has 0 saturated heterocycles. The molecule has 0 atom stereocenters. The second-order valence-corrected chi connectivity index (χ2v) is 8.92. The number of nitrogens with zero attached hydrogens (tertiary/aromatic N) is 2. The third-order valence-electron chi connectivity index (χ3n) is 6.77. The molecule has 7 heteroatoms. The van der Waals surface area contributed by atoms with Gasteiger partial charge >= 0.3 is 0 Å². The number of hydrogen-bond acceptors (Lipinski definition) is 5. The van der Waals surface area contributed by atoms with E-state index in [9.17, 15) is 9.59 Å². The van der Waals surface area contributed by atoms with Crippen molar-refractivity contribution in [3.63, 3.8) is 0 Å². The van der Waals surface area contributed by atoms with Crippen LogP contribution in [0, 0.1) is 23.2 Å². The smallest absolute Gasteiger partial charge is 0.269 e. The average molecular weight is 380 g/mol. The first-order valence-corrected chi connectivity index (χ1v) is 10.0. The molecule has 0 unspecified atom stereocenters. The van der Waals surface area contributed by atoms with Gasteiger partial charge in [0.25, 0.3) is 5.91 Å². The molecule has 1 aromatic carbocycles. The quantitative estimate of drug-likeness (QED) is 0.795. The Morgan fingerprint density at radius 3 is 2.21 bits per heavy atom. The van der Waals surface area contributed by atoms with E-state index < -0.39 is 0 Å². The Bertz CT molecular complexity index is 840. The van der Waals surface area contributed by atoms with E-state index in [0.29, 0.717) is 17.9 Å². The maximum absolute atomic E-state index is 12.5. The van der Waals surface area contributed by atoms with E-state index in [-0.39, 0.29) is 17.2 Å². The van der Waals surface area contributed by atoms with Gasteiger partial charge in [-0.3, -0.25) is 20.4 Å². The van der Waals surface area contributed by atoms with Crippen LogP contribution in [0.15, 0.2) is 35.1 Å². The van der Waals surface area contributed by atoms with Crippen molar-refractivity contribution in [1.29, 1.82) is 0 Å². The van der Waals surface area contributed by atoms with Gasteiger partial charge in [0, 0.05) is 17.5 Å². The van der Waals surface area contributed by atoms with Crippen LogP contribution in [0.3, 0.4) is 0 Å². The van der Waals surface area contributed by atoms with Crippen molar-refractivity contribution in [2.75, 3.05) is 0 Å². The molecule has 2 N–H and O–H groups in total. The molecule has 2 aromatic rings. The molecule has 0 aliphatic heterocycles. The fraction of sp³-hybridized carbons (Fsp3) is 0.524. The first-order chi connectivity index (χ1) is 13.6. The first kappa shape index (κ1) is 17.4. The van der Waals surface area contributed by atoms with Crippen molar-refractivity contribution >= 4 is 11.8 Å². The Hall–Kier alpha value is -2.70. The maximum atomic E-state index is 12.5. The summed E-state index contributed by atoms with van der Waals surface area (Å²) in [6.45, 7) is 0. The highest BCUT2D eigenvalue weighted by Gasteiger charge is 2.51. The van der Waals surface area contributed by atoms with E-state index in [0.717, 1.165) is 23.3 Å². The molecule has 2 amide bonds. The molecule has 1 aromatic heterocycles. The number of rotatable bonds is 4. The average Bonchev–Trinajstić information content (AvgIpc) is 3.19. The van der Waals surface area contributed by atoms with Crippen molar-refractivity contribution in [2.45, 2.75) is 44.9 Å². The summed E-state index contributed by atoms with van der Waals surface area (Å²) < 4.78 is 5.13. The first-order valence-electron chi connectivity index (χ1n) is 10.0. The molecular formula is C21H24N4O3. The molecule has 4 fully saturated rings. The van der Waals surface area contributed by atoms with Crippen LogP contribution in [0.5, 0.6) is 0 Å². The molecule has 4 aliphatic rings. The SMILES string of the molecule is O=C(CC12CC3CC(CC(C3)C1)C2)NNC(=O)c1ccc(-c2nnco2)cc1. The molecule has 1 heterocycles. The summed E-state index contributed by atoms with van der Waals surface area (Å²) >= 11 is 0. The van der Waals surface area contributed by atoms with Gasteiger partial charge in [0.15, 0.2) is 0 Å². The van der Waals surface area contributed by atoms with Gasteiger partial charge in [-0.25, -0.2) is 0 Å². The fourth-order valence-corrected chi connectivity index (χ4v) is 6.15. The van der Waals surface area contributed by atoms with Gasteiger partial charge in [0.1, 0.15) is 0 Å². The number of nitrogens with one attached hydrogen (secondary N) is 2. The molecule has 4 aliphatic carbocycles. The molecular weight excluding hydrogens is 356 g/mol. The van der Waals surface area contributed by atoms with E-state index in [1.807, 2.05) is 0 Å². The molecule has 7 nitrogen and oxygen atoms in total. The number of amides is 2. The number of carbonyl (C=O) groups excluding carboxylic acids is 2. The maximum Gasteiger partial charge on any atom is 0.269 e. The third kappa shape index (κ3) is 3.30. The van der Waals surface area contributed by atoms with Gasteiger partial charge < -0.3 is 4.42 Å². The van der Waals surface area contributed by atoms with E-state index >= 15 is 0 Å². The molecule has 0 spiro atoms. The van der Waals surface area contributed by atoms with Gasteiger partial charge in [0.05, 0.1) is 0 Å². The second kappa shape index (κ2) is 6.72. The lowest BCUT2D eigenvalue weighted by Gasteiger charge is -2.56. The largest absolute Gasteiger partial charge is 0.423 e. The Labute approximate surface area is 163 Å². The van der Waals surface area contributed by atoms with Gasteiger partial charge in [-0.1, -0.05) is 0 Å². The number of benzene rings is 1. The lowest BCUT2D eigenvalue weighted by molar-refractivity contribution is -0.130. The predicted octanol–water partition coefficient (Wildman–Crippen LogP) is 3.10. The highest BCUT2D eigenvalue weighted by Crippen LogP contribution is 2.61. The zero-order valence-electron chi connectivity index (χ0n) is 15.7. The van der Waals surface area contributed by atoms with Gasteiger partial charge in [-0.15, -0.1) is 10.2 Å². The zero-order valence-corrected chi connectivity index (χ0v) is 15.7. The van der Waals surface area contributed by atoms with Crippen molar-refractivity contribution < 1.29 is 14.0 Å². The van der Waals surface area contributed by atoms with Gasteiger partial charge in [-0.05, 0) is 86.0 Å². The topological polar surface area (TPSA) is 97.1 Å². The Morgan fingerprint density at radius 1 is 1.00 bits per heavy atom. The highest BCUT2D eigenvalue weighted by atomic mass is 16.4. The third-order valence-corrected chi connectivity index (χ3v) is 6.77. The lowest BCUT2D eigenvalue weighted by atomic mass is 9.49. The molecule has 146 valence electrons. The van der Waals surface area contributed by atoms with Gasteiger partial charge in [0.2, 0.25) is 18.2 Å². The summed E-state index contributed by atoms with van der Waals surface area (Å²) in [6, 6.07) is 6.81. The van der Waals surface area contributed by atoms with Crippen LogP contribution in [0.1, 0.15) is 55.3 Å². The minimum absolute atomic E-state index is 0.0854. The molecule has 0 radical (unpaired) electrons. The number of aromatic nitrogens is 2. The zero-order chi connectivity index (χ0) is 19.1. The lowest BCUT2D eigenvalue weighted by Crippen LogP contribution is -2.50. The van der Waals surface area contributed by atoms with E-state index in [1.165, 1.54) is 44.9 Å². The minimum Gasteiger partial charge on any atom is -0.423 e. The standard InChI is InChI=1S/C21H24N4O3/c26-18(11-21-8-13-5-14(9-21)7-15(6-13)10-21)23-24-19(27)16-1-3-17(4-2-16)20-25-22-12-28-20/h1-4,12-15H,5-11H2,(H,23,26)(H,24,27).